The van der Waals surface area contributed by atoms with E-state index in [2.05, 4.69) is 42.0 Å². The van der Waals surface area contributed by atoms with Crippen LogP contribution in [0.4, 0.5) is 0 Å². The van der Waals surface area contributed by atoms with Crippen LogP contribution in [0.2, 0.25) is 0 Å². The average Bonchev–Trinajstić information content (AvgIpc) is 2.49. The third kappa shape index (κ3) is 4.78. The van der Waals surface area contributed by atoms with Gasteiger partial charge in [-0.1, -0.05) is 26.2 Å². The van der Waals surface area contributed by atoms with Gasteiger partial charge in [0.25, 0.3) is 0 Å². The first-order valence-electron chi connectivity index (χ1n) is 8.06. The van der Waals surface area contributed by atoms with E-state index in [1.807, 2.05) is 12.4 Å². The van der Waals surface area contributed by atoms with Crippen molar-refractivity contribution in [2.45, 2.75) is 63.7 Å². The van der Waals surface area contributed by atoms with E-state index in [4.69, 9.17) is 0 Å². The molecule has 1 saturated carbocycles. The van der Waals surface area contributed by atoms with E-state index in [1.165, 1.54) is 55.4 Å². The van der Waals surface area contributed by atoms with E-state index in [1.54, 1.807) is 0 Å². The highest BCUT2D eigenvalue weighted by Gasteiger charge is 2.18. The molecule has 1 aromatic rings. The Balaban J connectivity index is 1.94. The van der Waals surface area contributed by atoms with Crippen LogP contribution in [-0.2, 0) is 0 Å². The summed E-state index contributed by atoms with van der Waals surface area (Å²) >= 11 is 2.17. The van der Waals surface area contributed by atoms with Crippen molar-refractivity contribution in [3.05, 3.63) is 29.6 Å². The van der Waals surface area contributed by atoms with E-state index in [0.717, 1.165) is 11.8 Å². The number of nitrogens with one attached hydrogen (secondary N) is 1. The first-order valence-corrected chi connectivity index (χ1v) is 9.11. The van der Waals surface area contributed by atoms with Crippen molar-refractivity contribution in [1.82, 2.24) is 10.3 Å². The van der Waals surface area contributed by atoms with Crippen molar-refractivity contribution in [3.8, 4) is 0 Å². The quantitative estimate of drug-likeness (QED) is 0.801. The SMILES string of the molecule is CCCNC(CSC1CCCCC1)c1cnccc1C. The van der Waals surface area contributed by atoms with Gasteiger partial charge >= 0.3 is 0 Å². The normalized spacial score (nSPS) is 18.1. The van der Waals surface area contributed by atoms with Crippen molar-refractivity contribution in [2.75, 3.05) is 12.3 Å². The molecule has 1 unspecified atom stereocenters. The molecule has 0 bridgehead atoms. The Morgan fingerprint density at radius 1 is 1.35 bits per heavy atom. The zero-order valence-corrected chi connectivity index (χ0v) is 13.7. The summed E-state index contributed by atoms with van der Waals surface area (Å²) in [6, 6.07) is 2.58. The van der Waals surface area contributed by atoms with Gasteiger partial charge in [-0.3, -0.25) is 4.98 Å². The van der Waals surface area contributed by atoms with Gasteiger partial charge in [-0.2, -0.15) is 11.8 Å². The lowest BCUT2D eigenvalue weighted by atomic mass is 10.0. The van der Waals surface area contributed by atoms with Crippen LogP contribution in [0.1, 0.15) is 62.6 Å². The Kier molecular flexibility index (Phi) is 6.88. The summed E-state index contributed by atoms with van der Waals surface area (Å²) in [5.74, 6) is 1.18. The van der Waals surface area contributed by atoms with Crippen LogP contribution >= 0.6 is 11.8 Å². The predicted molar refractivity (Wildman–Crippen MR) is 89.3 cm³/mol. The summed E-state index contributed by atoms with van der Waals surface area (Å²) < 4.78 is 0. The molecule has 0 aliphatic heterocycles. The van der Waals surface area contributed by atoms with Gasteiger partial charge in [-0.15, -0.1) is 0 Å². The molecule has 1 atom stereocenters. The van der Waals surface area contributed by atoms with E-state index < -0.39 is 0 Å². The molecule has 3 heteroatoms. The van der Waals surface area contributed by atoms with Gasteiger partial charge in [0.05, 0.1) is 0 Å². The largest absolute Gasteiger partial charge is 0.309 e. The van der Waals surface area contributed by atoms with Gasteiger partial charge in [0.2, 0.25) is 0 Å². The summed E-state index contributed by atoms with van der Waals surface area (Å²) in [4.78, 5) is 4.32. The smallest absolute Gasteiger partial charge is 0.0429 e. The fourth-order valence-electron chi connectivity index (χ4n) is 2.88. The minimum absolute atomic E-state index is 0.454. The summed E-state index contributed by atoms with van der Waals surface area (Å²) in [7, 11) is 0. The third-order valence-electron chi connectivity index (χ3n) is 4.15. The molecule has 112 valence electrons. The molecule has 20 heavy (non-hydrogen) atoms. The number of pyridine rings is 1. The van der Waals surface area contributed by atoms with Crippen LogP contribution in [0.25, 0.3) is 0 Å². The van der Waals surface area contributed by atoms with Crippen molar-refractivity contribution in [2.24, 2.45) is 0 Å². The number of aromatic nitrogens is 1. The predicted octanol–water partition coefficient (Wildman–Crippen LogP) is 4.50. The van der Waals surface area contributed by atoms with Crippen molar-refractivity contribution in [3.63, 3.8) is 0 Å². The zero-order chi connectivity index (χ0) is 14.2. The highest BCUT2D eigenvalue weighted by atomic mass is 32.2. The molecule has 2 rings (SSSR count). The van der Waals surface area contributed by atoms with Gasteiger partial charge < -0.3 is 5.32 Å². The first kappa shape index (κ1) is 15.8. The molecule has 0 aromatic carbocycles. The maximum atomic E-state index is 4.32. The van der Waals surface area contributed by atoms with Crippen molar-refractivity contribution in [1.29, 1.82) is 0 Å². The Hall–Kier alpha value is -0.540. The molecule has 2 nitrogen and oxygen atoms in total. The summed E-state index contributed by atoms with van der Waals surface area (Å²) in [6.45, 7) is 5.52. The van der Waals surface area contributed by atoms with Crippen molar-refractivity contribution < 1.29 is 0 Å². The molecule has 1 fully saturated rings. The molecular formula is C17H28N2S. The van der Waals surface area contributed by atoms with Crippen LogP contribution in [0.15, 0.2) is 18.5 Å². The molecule has 0 amide bonds. The summed E-state index contributed by atoms with van der Waals surface area (Å²) in [6.07, 6.45) is 12.2. The lowest BCUT2D eigenvalue weighted by Gasteiger charge is -2.25. The maximum absolute atomic E-state index is 4.32. The Morgan fingerprint density at radius 3 is 2.85 bits per heavy atom. The molecule has 0 spiro atoms. The van der Waals surface area contributed by atoms with E-state index in [-0.39, 0.29) is 0 Å². The van der Waals surface area contributed by atoms with Crippen molar-refractivity contribution >= 4 is 11.8 Å². The monoisotopic (exact) mass is 292 g/mol. The van der Waals surface area contributed by atoms with E-state index in [0.29, 0.717) is 6.04 Å². The first-order chi connectivity index (χ1) is 9.81. The molecular weight excluding hydrogens is 264 g/mol. The minimum atomic E-state index is 0.454. The number of hydrogen-bond acceptors (Lipinski definition) is 3. The second-order valence-electron chi connectivity index (χ2n) is 5.83. The topological polar surface area (TPSA) is 24.9 Å². The lowest BCUT2D eigenvalue weighted by molar-refractivity contribution is 0.513. The summed E-state index contributed by atoms with van der Waals surface area (Å²) in [5.41, 5.74) is 2.74. The molecule has 1 aromatic heterocycles. The third-order valence-corrected chi connectivity index (χ3v) is 5.62. The van der Waals surface area contributed by atoms with Gasteiger partial charge in [-0.05, 0) is 49.9 Å². The van der Waals surface area contributed by atoms with E-state index in [9.17, 15) is 0 Å². The second kappa shape index (κ2) is 8.68. The molecule has 1 heterocycles. The summed E-state index contributed by atoms with van der Waals surface area (Å²) in [5, 5.41) is 4.59. The number of hydrogen-bond donors (Lipinski definition) is 1. The van der Waals surface area contributed by atoms with Crippen LogP contribution in [-0.4, -0.2) is 22.5 Å². The second-order valence-corrected chi connectivity index (χ2v) is 7.17. The highest BCUT2D eigenvalue weighted by Crippen LogP contribution is 2.31. The fraction of sp³-hybridized carbons (Fsp3) is 0.706. The van der Waals surface area contributed by atoms with Gasteiger partial charge in [0.1, 0.15) is 0 Å². The number of nitrogens with zero attached hydrogens (tertiary/aromatic N) is 1. The zero-order valence-electron chi connectivity index (χ0n) is 12.9. The number of rotatable bonds is 7. The highest BCUT2D eigenvalue weighted by molar-refractivity contribution is 7.99. The Bertz CT molecular complexity index is 388. The van der Waals surface area contributed by atoms with Gasteiger partial charge in [0.15, 0.2) is 0 Å². The van der Waals surface area contributed by atoms with Crippen LogP contribution < -0.4 is 5.32 Å². The van der Waals surface area contributed by atoms with Gasteiger partial charge in [0, 0.05) is 29.4 Å². The molecule has 0 saturated heterocycles. The molecule has 1 aliphatic carbocycles. The van der Waals surface area contributed by atoms with E-state index >= 15 is 0 Å². The van der Waals surface area contributed by atoms with Gasteiger partial charge in [-0.25, -0.2) is 0 Å². The van der Waals surface area contributed by atoms with Crippen LogP contribution in [0.5, 0.6) is 0 Å². The number of aryl methyl sites for hydroxylation is 1. The standard InChI is InChI=1S/C17H28N2S/c1-3-10-19-17(16-12-18-11-9-14(16)2)13-20-15-7-5-4-6-8-15/h9,11-12,15,17,19H,3-8,10,13H2,1-2H3. The minimum Gasteiger partial charge on any atom is -0.309 e. The average molecular weight is 292 g/mol. The Morgan fingerprint density at radius 2 is 2.15 bits per heavy atom. The lowest BCUT2D eigenvalue weighted by Crippen LogP contribution is -2.26. The maximum Gasteiger partial charge on any atom is 0.0429 e. The van der Waals surface area contributed by atoms with Crippen LogP contribution in [0, 0.1) is 6.92 Å². The molecule has 1 N–H and O–H groups in total. The molecule has 0 radical (unpaired) electrons. The fourth-order valence-corrected chi connectivity index (χ4v) is 4.31. The number of thioether (sulfide) groups is 1. The molecule has 1 aliphatic rings. The Labute approximate surface area is 128 Å². The van der Waals surface area contributed by atoms with Crippen LogP contribution in [0.3, 0.4) is 0 Å².